The Kier molecular flexibility index (Phi) is 8.69. The van der Waals surface area contributed by atoms with Crippen molar-refractivity contribution < 1.29 is 23.8 Å². The third-order valence-electron chi connectivity index (χ3n) is 6.09. The number of halogens is 1. The molecule has 0 radical (unpaired) electrons. The van der Waals surface area contributed by atoms with Crippen molar-refractivity contribution in [2.24, 2.45) is 0 Å². The molecule has 0 unspecified atom stereocenters. The molecule has 192 valence electrons. The third-order valence-corrected chi connectivity index (χ3v) is 6.34. The molecule has 0 saturated carbocycles. The number of likely N-dealkylation sites (tertiary alicyclic amines) is 1. The van der Waals surface area contributed by atoms with Gasteiger partial charge < -0.3 is 24.4 Å². The van der Waals surface area contributed by atoms with E-state index < -0.39 is 6.04 Å². The van der Waals surface area contributed by atoms with Crippen molar-refractivity contribution >= 4 is 29.5 Å². The Hall–Kier alpha value is -3.97. The number of benzene rings is 3. The van der Waals surface area contributed by atoms with E-state index in [0.717, 1.165) is 16.7 Å². The Labute approximate surface area is 221 Å². The van der Waals surface area contributed by atoms with Gasteiger partial charge in [-0.1, -0.05) is 54.1 Å². The first-order valence-electron chi connectivity index (χ1n) is 11.9. The average Bonchev–Trinajstić information content (AvgIpc) is 3.35. The smallest absolute Gasteiger partial charge is 0.261 e. The van der Waals surface area contributed by atoms with Gasteiger partial charge >= 0.3 is 0 Å². The Morgan fingerprint density at radius 3 is 2.43 bits per heavy atom. The molecule has 37 heavy (non-hydrogen) atoms. The van der Waals surface area contributed by atoms with E-state index in [4.69, 9.17) is 25.8 Å². The fourth-order valence-electron chi connectivity index (χ4n) is 4.19. The van der Waals surface area contributed by atoms with E-state index in [9.17, 15) is 9.59 Å². The fraction of sp³-hybridized carbons (Fsp3) is 0.241. The van der Waals surface area contributed by atoms with E-state index in [1.54, 1.807) is 49.5 Å². The fourth-order valence-corrected chi connectivity index (χ4v) is 4.32. The molecule has 0 aromatic heterocycles. The predicted octanol–water partition coefficient (Wildman–Crippen LogP) is 4.74. The quantitative estimate of drug-likeness (QED) is 0.441. The molecule has 1 atom stereocenters. The van der Waals surface area contributed by atoms with Crippen LogP contribution >= 0.6 is 11.6 Å². The molecule has 1 N–H and O–H groups in total. The zero-order valence-corrected chi connectivity index (χ0v) is 21.5. The van der Waals surface area contributed by atoms with Gasteiger partial charge in [0.15, 0.2) is 18.1 Å². The van der Waals surface area contributed by atoms with Crippen molar-refractivity contribution in [1.82, 2.24) is 10.2 Å². The number of rotatable bonds is 9. The minimum absolute atomic E-state index is 0.181. The van der Waals surface area contributed by atoms with Crippen LogP contribution in [0.3, 0.4) is 0 Å². The molecular formula is C29H29ClN2O5. The van der Waals surface area contributed by atoms with E-state index in [1.165, 1.54) is 0 Å². The van der Waals surface area contributed by atoms with Gasteiger partial charge in [0, 0.05) is 18.1 Å². The van der Waals surface area contributed by atoms with Gasteiger partial charge in [-0.3, -0.25) is 9.59 Å². The highest BCUT2D eigenvalue weighted by atomic mass is 35.5. The lowest BCUT2D eigenvalue weighted by molar-refractivity contribution is -0.139. The second kappa shape index (κ2) is 12.3. The summed E-state index contributed by atoms with van der Waals surface area (Å²) in [6.07, 6.45) is 2.47. The molecule has 0 aliphatic carbocycles. The monoisotopic (exact) mass is 520 g/mol. The lowest BCUT2D eigenvalue weighted by Gasteiger charge is -2.23. The van der Waals surface area contributed by atoms with Crippen LogP contribution in [0.4, 0.5) is 0 Å². The number of methoxy groups -OCH3 is 2. The molecule has 4 rings (SSSR count). The number of hydrogen-bond donors (Lipinski definition) is 1. The van der Waals surface area contributed by atoms with Gasteiger partial charge in [-0.05, 0) is 59.5 Å². The highest BCUT2D eigenvalue weighted by Gasteiger charge is 2.36. The predicted molar refractivity (Wildman–Crippen MR) is 143 cm³/mol. The van der Waals surface area contributed by atoms with Gasteiger partial charge in [-0.2, -0.15) is 0 Å². The number of nitrogens with zero attached hydrogens (tertiary/aromatic N) is 1. The Morgan fingerprint density at radius 1 is 1.00 bits per heavy atom. The number of carbonyl (C=O) groups excluding carboxylic acids is 2. The first kappa shape index (κ1) is 26.1. The largest absolute Gasteiger partial charge is 0.493 e. The van der Waals surface area contributed by atoms with Gasteiger partial charge in [0.1, 0.15) is 11.8 Å². The molecule has 1 saturated heterocycles. The van der Waals surface area contributed by atoms with Crippen LogP contribution in [0.25, 0.3) is 6.08 Å². The highest BCUT2D eigenvalue weighted by Crippen LogP contribution is 2.28. The summed E-state index contributed by atoms with van der Waals surface area (Å²) in [7, 11) is 3.14. The van der Waals surface area contributed by atoms with Crippen LogP contribution in [0, 0.1) is 0 Å². The molecule has 8 heteroatoms. The minimum atomic E-state index is -0.642. The van der Waals surface area contributed by atoms with Crippen LogP contribution in [-0.2, 0) is 16.1 Å². The maximum Gasteiger partial charge on any atom is 0.261 e. The van der Waals surface area contributed by atoms with E-state index in [1.807, 2.05) is 48.5 Å². The summed E-state index contributed by atoms with van der Waals surface area (Å²) >= 11 is 5.93. The van der Waals surface area contributed by atoms with Crippen LogP contribution in [-0.4, -0.2) is 50.1 Å². The summed E-state index contributed by atoms with van der Waals surface area (Å²) in [6.45, 7) is 0.461. The normalized spacial score (nSPS) is 15.9. The summed E-state index contributed by atoms with van der Waals surface area (Å²) < 4.78 is 16.3. The van der Waals surface area contributed by atoms with Crippen molar-refractivity contribution in [2.45, 2.75) is 19.0 Å². The third kappa shape index (κ3) is 6.83. The molecule has 1 fully saturated rings. The molecule has 1 aliphatic heterocycles. The molecule has 2 amide bonds. The van der Waals surface area contributed by atoms with Gasteiger partial charge in [-0.25, -0.2) is 0 Å². The van der Waals surface area contributed by atoms with E-state index >= 15 is 0 Å². The summed E-state index contributed by atoms with van der Waals surface area (Å²) in [6, 6.07) is 21.5. The second-order valence-electron chi connectivity index (χ2n) is 8.60. The van der Waals surface area contributed by atoms with Crippen molar-refractivity contribution in [1.29, 1.82) is 0 Å². The summed E-state index contributed by atoms with van der Waals surface area (Å²) in [5.41, 5.74) is 2.87. The number of hydrogen-bond acceptors (Lipinski definition) is 5. The molecule has 1 aliphatic rings. The van der Waals surface area contributed by atoms with Gasteiger partial charge in [0.25, 0.3) is 5.91 Å². The van der Waals surface area contributed by atoms with E-state index in [2.05, 4.69) is 5.32 Å². The Bertz CT molecular complexity index is 1260. The van der Waals surface area contributed by atoms with E-state index in [0.29, 0.717) is 35.2 Å². The van der Waals surface area contributed by atoms with Crippen molar-refractivity contribution in [3.63, 3.8) is 0 Å². The molecule has 0 bridgehead atoms. The summed E-state index contributed by atoms with van der Waals surface area (Å²) in [4.78, 5) is 28.0. The molecule has 1 heterocycles. The van der Waals surface area contributed by atoms with Gasteiger partial charge in [-0.15, -0.1) is 0 Å². The first-order valence-corrected chi connectivity index (χ1v) is 12.3. The molecular weight excluding hydrogens is 492 g/mol. The zero-order chi connectivity index (χ0) is 26.2. The maximum atomic E-state index is 13.3. The van der Waals surface area contributed by atoms with Crippen LogP contribution in [0.15, 0.2) is 78.4 Å². The molecule has 3 aromatic rings. The number of amides is 2. The number of ether oxygens (including phenoxy) is 3. The molecule has 0 spiro atoms. The van der Waals surface area contributed by atoms with Crippen LogP contribution in [0.2, 0.25) is 5.02 Å². The Morgan fingerprint density at radius 2 is 1.73 bits per heavy atom. The zero-order valence-electron chi connectivity index (χ0n) is 20.8. The standard InChI is InChI=1S/C29H29ClN2O5/c1-35-26-13-8-21(16-27(26)36-2)17-31-29(34)25-15-22(14-20-6-4-3-5-7-20)18-32(25)28(33)19-37-24-11-9-23(30)10-12-24/h3-14,16,25H,15,17-19H2,1-2H3,(H,31,34)/b22-14+/t25-/m0/s1. The SMILES string of the molecule is COc1ccc(CNC(=O)[C@@H]2C/C(=C\c3ccccc3)CN2C(=O)COc2ccc(Cl)cc2)cc1OC. The lowest BCUT2D eigenvalue weighted by atomic mass is 10.1. The first-order chi connectivity index (χ1) is 18.0. The van der Waals surface area contributed by atoms with Gasteiger partial charge in [0.2, 0.25) is 5.91 Å². The van der Waals surface area contributed by atoms with Crippen LogP contribution in [0.5, 0.6) is 17.2 Å². The summed E-state index contributed by atoms with van der Waals surface area (Å²) in [5, 5.41) is 3.55. The van der Waals surface area contributed by atoms with Gasteiger partial charge in [0.05, 0.1) is 14.2 Å². The van der Waals surface area contributed by atoms with Crippen molar-refractivity contribution in [2.75, 3.05) is 27.4 Å². The van der Waals surface area contributed by atoms with Crippen molar-refractivity contribution in [3.8, 4) is 17.2 Å². The summed E-state index contributed by atoms with van der Waals surface area (Å²) in [5.74, 6) is 1.23. The number of carbonyl (C=O) groups is 2. The second-order valence-corrected chi connectivity index (χ2v) is 9.04. The van der Waals surface area contributed by atoms with E-state index in [-0.39, 0.29) is 25.0 Å². The lowest BCUT2D eigenvalue weighted by Crippen LogP contribution is -2.47. The minimum Gasteiger partial charge on any atom is -0.493 e. The topological polar surface area (TPSA) is 77.1 Å². The maximum absolute atomic E-state index is 13.3. The average molecular weight is 521 g/mol. The van der Waals surface area contributed by atoms with Crippen LogP contribution < -0.4 is 19.5 Å². The van der Waals surface area contributed by atoms with Crippen molar-refractivity contribution in [3.05, 3.63) is 94.5 Å². The molecule has 3 aromatic carbocycles. The highest BCUT2D eigenvalue weighted by molar-refractivity contribution is 6.30. The van der Waals surface area contributed by atoms with Crippen LogP contribution in [0.1, 0.15) is 17.5 Å². The molecule has 7 nitrogen and oxygen atoms in total. The number of nitrogens with one attached hydrogen (secondary N) is 1. The Balaban J connectivity index is 1.47.